The summed E-state index contributed by atoms with van der Waals surface area (Å²) >= 11 is 0. The molecule has 142 valence electrons. The number of benzene rings is 3. The molecule has 5 rings (SSSR count). The molecule has 0 unspecified atom stereocenters. The first kappa shape index (κ1) is 17.2. The van der Waals surface area contributed by atoms with Crippen LogP contribution in [0.1, 0.15) is 26.3 Å². The van der Waals surface area contributed by atoms with Crippen LogP contribution in [0.3, 0.4) is 0 Å². The van der Waals surface area contributed by atoms with Gasteiger partial charge in [0.15, 0.2) is 5.58 Å². The lowest BCUT2D eigenvalue weighted by atomic mass is 10.1. The van der Waals surface area contributed by atoms with Gasteiger partial charge in [0.05, 0.1) is 23.9 Å². The number of aromatic nitrogens is 1. The average Bonchev–Trinajstić information content (AvgIpc) is 3.27. The first-order valence-corrected chi connectivity index (χ1v) is 9.11. The summed E-state index contributed by atoms with van der Waals surface area (Å²) in [5.41, 5.74) is 4.10. The Morgan fingerprint density at radius 1 is 0.897 bits per heavy atom. The van der Waals surface area contributed by atoms with Gasteiger partial charge in [-0.1, -0.05) is 18.2 Å². The zero-order valence-electron chi connectivity index (χ0n) is 15.8. The van der Waals surface area contributed by atoms with Gasteiger partial charge in [-0.05, 0) is 48.9 Å². The lowest BCUT2D eigenvalue weighted by molar-refractivity contribution is 0.0926. The van der Waals surface area contributed by atoms with Gasteiger partial charge in [0.25, 0.3) is 11.8 Å². The molecule has 3 aromatic carbocycles. The fourth-order valence-corrected chi connectivity index (χ4v) is 3.65. The predicted molar refractivity (Wildman–Crippen MR) is 108 cm³/mol. The Hall–Kier alpha value is -3.93. The highest BCUT2D eigenvalue weighted by Crippen LogP contribution is 2.36. The van der Waals surface area contributed by atoms with Crippen molar-refractivity contribution in [2.24, 2.45) is 0 Å². The Labute approximate surface area is 166 Å². The van der Waals surface area contributed by atoms with E-state index < -0.39 is 0 Å². The maximum absolute atomic E-state index is 12.9. The van der Waals surface area contributed by atoms with Crippen molar-refractivity contribution in [3.05, 3.63) is 77.4 Å². The maximum atomic E-state index is 12.9. The number of carbonyl (C=O) groups is 2. The number of amides is 2. The highest BCUT2D eigenvalue weighted by molar-refractivity contribution is 6.34. The highest BCUT2D eigenvalue weighted by Gasteiger charge is 2.37. The van der Waals surface area contributed by atoms with Crippen molar-refractivity contribution in [2.45, 2.75) is 6.92 Å². The normalized spacial score (nSPS) is 13.2. The Bertz CT molecular complexity index is 1270. The van der Waals surface area contributed by atoms with Gasteiger partial charge in [-0.25, -0.2) is 9.88 Å². The highest BCUT2D eigenvalue weighted by atomic mass is 16.5. The van der Waals surface area contributed by atoms with Gasteiger partial charge in [0, 0.05) is 11.6 Å². The number of anilines is 1. The summed E-state index contributed by atoms with van der Waals surface area (Å²) in [6.45, 7) is 1.85. The van der Waals surface area contributed by atoms with E-state index in [1.807, 2.05) is 13.0 Å². The lowest BCUT2D eigenvalue weighted by Gasteiger charge is -2.18. The number of imide groups is 1. The third-order valence-electron chi connectivity index (χ3n) is 5.17. The van der Waals surface area contributed by atoms with Gasteiger partial charge in [-0.15, -0.1) is 0 Å². The Balaban J connectivity index is 1.61. The van der Waals surface area contributed by atoms with Crippen LogP contribution in [0.4, 0.5) is 5.69 Å². The summed E-state index contributed by atoms with van der Waals surface area (Å²) in [6, 6.07) is 17.7. The fraction of sp³-hybridized carbons (Fsp3) is 0.0870. The molecule has 0 bridgehead atoms. The molecule has 0 saturated carbocycles. The Morgan fingerprint density at radius 3 is 2.28 bits per heavy atom. The second-order valence-corrected chi connectivity index (χ2v) is 6.79. The van der Waals surface area contributed by atoms with E-state index in [1.54, 1.807) is 61.7 Å². The van der Waals surface area contributed by atoms with Crippen molar-refractivity contribution in [2.75, 3.05) is 12.0 Å². The molecule has 0 radical (unpaired) electrons. The first-order chi connectivity index (χ1) is 14.1. The number of oxazole rings is 1. The topological polar surface area (TPSA) is 72.6 Å². The van der Waals surface area contributed by atoms with E-state index in [0.717, 1.165) is 5.56 Å². The molecule has 2 heterocycles. The zero-order chi connectivity index (χ0) is 20.1. The van der Waals surface area contributed by atoms with Crippen LogP contribution in [-0.4, -0.2) is 23.9 Å². The smallest absolute Gasteiger partial charge is 0.266 e. The van der Waals surface area contributed by atoms with Crippen molar-refractivity contribution >= 4 is 28.6 Å². The van der Waals surface area contributed by atoms with Crippen molar-refractivity contribution in [1.82, 2.24) is 4.98 Å². The molecule has 4 aromatic rings. The number of nitrogens with zero attached hydrogens (tertiary/aromatic N) is 2. The van der Waals surface area contributed by atoms with E-state index in [2.05, 4.69) is 4.98 Å². The van der Waals surface area contributed by atoms with Gasteiger partial charge in [-0.3, -0.25) is 9.59 Å². The standard InChI is InChI=1S/C23H16N2O4/c1-13-15(21-24-18-12-14(28-2)10-11-20(18)29-21)8-5-9-19(13)25-22(26)16-6-3-4-7-17(16)23(25)27/h3-12H,1-2H3. The Kier molecular flexibility index (Phi) is 3.74. The number of fused-ring (bicyclic) bond motifs is 2. The van der Waals surface area contributed by atoms with Crippen molar-refractivity contribution in [3.8, 4) is 17.2 Å². The van der Waals surface area contributed by atoms with Crippen molar-refractivity contribution in [1.29, 1.82) is 0 Å². The quantitative estimate of drug-likeness (QED) is 0.482. The molecule has 29 heavy (non-hydrogen) atoms. The van der Waals surface area contributed by atoms with E-state index >= 15 is 0 Å². The number of hydrogen-bond acceptors (Lipinski definition) is 5. The van der Waals surface area contributed by atoms with E-state index in [1.165, 1.54) is 4.90 Å². The molecule has 6 heteroatoms. The summed E-state index contributed by atoms with van der Waals surface area (Å²) in [7, 11) is 1.60. The SMILES string of the molecule is COc1ccc2oc(-c3cccc(N4C(=O)c5ccccc5C4=O)c3C)nc2c1. The molecule has 1 aromatic heterocycles. The third kappa shape index (κ3) is 2.53. The van der Waals surface area contributed by atoms with Gasteiger partial charge in [-0.2, -0.15) is 0 Å². The molecule has 0 fully saturated rings. The van der Waals surface area contributed by atoms with Gasteiger partial charge < -0.3 is 9.15 Å². The summed E-state index contributed by atoms with van der Waals surface area (Å²) in [5, 5.41) is 0. The molecule has 0 spiro atoms. The molecule has 1 aliphatic heterocycles. The summed E-state index contributed by atoms with van der Waals surface area (Å²) < 4.78 is 11.2. The van der Waals surface area contributed by atoms with Gasteiger partial charge in [0.2, 0.25) is 5.89 Å². The van der Waals surface area contributed by atoms with Crippen LogP contribution in [0.25, 0.3) is 22.6 Å². The molecule has 1 aliphatic rings. The molecule has 0 aliphatic carbocycles. The summed E-state index contributed by atoms with van der Waals surface area (Å²) in [4.78, 5) is 31.5. The lowest BCUT2D eigenvalue weighted by Crippen LogP contribution is -2.30. The van der Waals surface area contributed by atoms with E-state index in [0.29, 0.717) is 45.1 Å². The molecule has 2 amide bonds. The number of hydrogen-bond donors (Lipinski definition) is 0. The number of rotatable bonds is 3. The van der Waals surface area contributed by atoms with Crippen LogP contribution in [0.5, 0.6) is 5.75 Å². The van der Waals surface area contributed by atoms with Crippen molar-refractivity contribution in [3.63, 3.8) is 0 Å². The monoisotopic (exact) mass is 384 g/mol. The third-order valence-corrected chi connectivity index (χ3v) is 5.17. The van der Waals surface area contributed by atoms with Gasteiger partial charge >= 0.3 is 0 Å². The first-order valence-electron chi connectivity index (χ1n) is 9.11. The number of ether oxygens (including phenoxy) is 1. The Morgan fingerprint density at radius 2 is 1.59 bits per heavy atom. The minimum absolute atomic E-state index is 0.326. The van der Waals surface area contributed by atoms with Crippen LogP contribution >= 0.6 is 0 Å². The van der Waals surface area contributed by atoms with E-state index in [9.17, 15) is 9.59 Å². The minimum atomic E-state index is -0.326. The largest absolute Gasteiger partial charge is 0.497 e. The molecule has 0 atom stereocenters. The molecular formula is C23H16N2O4. The van der Waals surface area contributed by atoms with Crippen LogP contribution < -0.4 is 9.64 Å². The molecule has 0 N–H and O–H groups in total. The fourth-order valence-electron chi connectivity index (χ4n) is 3.65. The average molecular weight is 384 g/mol. The summed E-state index contributed by atoms with van der Waals surface area (Å²) in [5.74, 6) is 0.458. The second-order valence-electron chi connectivity index (χ2n) is 6.79. The van der Waals surface area contributed by atoms with Crippen LogP contribution in [0.15, 0.2) is 65.1 Å². The predicted octanol–water partition coefficient (Wildman–Crippen LogP) is 4.61. The summed E-state index contributed by atoms with van der Waals surface area (Å²) in [6.07, 6.45) is 0. The number of methoxy groups -OCH3 is 1. The molecular weight excluding hydrogens is 368 g/mol. The van der Waals surface area contributed by atoms with Crippen LogP contribution in [0, 0.1) is 6.92 Å². The maximum Gasteiger partial charge on any atom is 0.266 e. The number of carbonyl (C=O) groups excluding carboxylic acids is 2. The van der Waals surface area contributed by atoms with Crippen molar-refractivity contribution < 1.29 is 18.7 Å². The van der Waals surface area contributed by atoms with E-state index in [-0.39, 0.29) is 11.8 Å². The second kappa shape index (κ2) is 6.31. The van der Waals surface area contributed by atoms with Crippen LogP contribution in [0.2, 0.25) is 0 Å². The van der Waals surface area contributed by atoms with Crippen LogP contribution in [-0.2, 0) is 0 Å². The zero-order valence-corrected chi connectivity index (χ0v) is 15.8. The van der Waals surface area contributed by atoms with Gasteiger partial charge in [0.1, 0.15) is 11.3 Å². The minimum Gasteiger partial charge on any atom is -0.497 e. The molecule has 0 saturated heterocycles. The van der Waals surface area contributed by atoms with E-state index in [4.69, 9.17) is 9.15 Å². The molecule has 6 nitrogen and oxygen atoms in total.